The summed E-state index contributed by atoms with van der Waals surface area (Å²) < 4.78 is 32.0. The molecule has 4 heteroatoms. The molecule has 0 bridgehead atoms. The minimum atomic E-state index is -1.68. The van der Waals surface area contributed by atoms with E-state index < -0.39 is 17.3 Å². The van der Waals surface area contributed by atoms with E-state index in [0.717, 1.165) is 11.1 Å². The Hall–Kier alpha value is -1.52. The van der Waals surface area contributed by atoms with Gasteiger partial charge in [-0.15, -0.1) is 0 Å². The Labute approximate surface area is 146 Å². The van der Waals surface area contributed by atoms with Gasteiger partial charge in [0.2, 0.25) is 0 Å². The average molecular weight is 348 g/mol. The number of benzene rings is 2. The summed E-state index contributed by atoms with van der Waals surface area (Å²) in [5, 5.41) is 0. The van der Waals surface area contributed by atoms with Gasteiger partial charge >= 0.3 is 0 Å². The van der Waals surface area contributed by atoms with Gasteiger partial charge in [0.1, 0.15) is 6.17 Å². The summed E-state index contributed by atoms with van der Waals surface area (Å²) in [6, 6.07) is 12.9. The molecule has 2 aromatic rings. The third-order valence-corrected chi connectivity index (χ3v) is 5.30. The lowest BCUT2D eigenvalue weighted by Crippen LogP contribution is -2.14. The highest BCUT2D eigenvalue weighted by atomic mass is 32.2. The van der Waals surface area contributed by atoms with Crippen LogP contribution in [-0.4, -0.2) is 10.8 Å². The molecular weight excluding hydrogens is 323 g/mol. The van der Waals surface area contributed by atoms with E-state index in [9.17, 15) is 8.60 Å². The zero-order valence-electron chi connectivity index (χ0n) is 14.9. The van der Waals surface area contributed by atoms with Crippen molar-refractivity contribution in [2.75, 3.05) is 6.61 Å². The van der Waals surface area contributed by atoms with Gasteiger partial charge < -0.3 is 0 Å². The molecule has 0 aromatic heterocycles. The Bertz CT molecular complexity index is 697. The lowest BCUT2D eigenvalue weighted by molar-refractivity contribution is 0.213. The summed E-state index contributed by atoms with van der Waals surface area (Å²) in [5.41, 5.74) is 3.56. The third-order valence-electron chi connectivity index (χ3n) is 3.98. The van der Waals surface area contributed by atoms with E-state index in [1.807, 2.05) is 32.0 Å². The Kier molecular flexibility index (Phi) is 5.94. The number of rotatable bonds is 5. The second-order valence-corrected chi connectivity index (χ2v) is 8.20. The fourth-order valence-electron chi connectivity index (χ4n) is 2.58. The van der Waals surface area contributed by atoms with Crippen molar-refractivity contribution >= 4 is 11.1 Å². The predicted molar refractivity (Wildman–Crippen MR) is 97.3 cm³/mol. The molecule has 0 aliphatic heterocycles. The molecule has 0 saturated carbocycles. The lowest BCUT2D eigenvalue weighted by Gasteiger charge is -2.22. The molecule has 0 aliphatic rings. The SMILES string of the molecule is Cc1cc(C(C)(C)C)cc(C)c1S(=O)OCC(F)c1ccccc1. The van der Waals surface area contributed by atoms with Crippen LogP contribution in [0.4, 0.5) is 4.39 Å². The van der Waals surface area contributed by atoms with Crippen molar-refractivity contribution in [1.82, 2.24) is 0 Å². The van der Waals surface area contributed by atoms with E-state index in [1.54, 1.807) is 24.3 Å². The molecule has 2 rings (SSSR count). The van der Waals surface area contributed by atoms with E-state index in [1.165, 1.54) is 5.56 Å². The number of hydrogen-bond acceptors (Lipinski definition) is 2. The third kappa shape index (κ3) is 4.52. The lowest BCUT2D eigenvalue weighted by atomic mass is 9.85. The maximum Gasteiger partial charge on any atom is 0.189 e. The standard InChI is InChI=1S/C20H25FO2S/c1-14-11-17(20(3,4)5)12-15(2)19(14)24(22)23-13-18(21)16-9-7-6-8-10-16/h6-12,18H,13H2,1-5H3. The zero-order valence-corrected chi connectivity index (χ0v) is 15.7. The van der Waals surface area contributed by atoms with Crippen molar-refractivity contribution in [3.63, 3.8) is 0 Å². The highest BCUT2D eigenvalue weighted by molar-refractivity contribution is 7.80. The van der Waals surface area contributed by atoms with Gasteiger partial charge in [0.15, 0.2) is 11.1 Å². The predicted octanol–water partition coefficient (Wildman–Crippen LogP) is 5.35. The Morgan fingerprint density at radius 1 is 1.08 bits per heavy atom. The quantitative estimate of drug-likeness (QED) is 0.728. The first kappa shape index (κ1) is 18.8. The molecule has 0 aliphatic carbocycles. The summed E-state index contributed by atoms with van der Waals surface area (Å²) in [6.07, 6.45) is -1.29. The van der Waals surface area contributed by atoms with Gasteiger partial charge in [0.05, 0.1) is 11.5 Å². The van der Waals surface area contributed by atoms with Gasteiger partial charge in [-0.05, 0) is 41.5 Å². The van der Waals surface area contributed by atoms with Crippen molar-refractivity contribution in [1.29, 1.82) is 0 Å². The highest BCUT2D eigenvalue weighted by Crippen LogP contribution is 2.29. The molecule has 2 nitrogen and oxygen atoms in total. The monoisotopic (exact) mass is 348 g/mol. The first-order valence-electron chi connectivity index (χ1n) is 8.06. The molecule has 0 saturated heterocycles. The normalized spacial score (nSPS) is 14.4. The van der Waals surface area contributed by atoms with E-state index in [2.05, 4.69) is 20.8 Å². The molecule has 0 heterocycles. The van der Waals surface area contributed by atoms with Crippen molar-refractivity contribution in [2.45, 2.75) is 51.1 Å². The van der Waals surface area contributed by atoms with Crippen molar-refractivity contribution in [3.8, 4) is 0 Å². The van der Waals surface area contributed by atoms with Crippen LogP contribution in [0.1, 0.15) is 49.2 Å². The van der Waals surface area contributed by atoms with Gasteiger partial charge in [-0.1, -0.05) is 63.2 Å². The van der Waals surface area contributed by atoms with E-state index in [4.69, 9.17) is 4.18 Å². The first-order chi connectivity index (χ1) is 11.2. The van der Waals surface area contributed by atoms with Crippen molar-refractivity contribution < 1.29 is 12.8 Å². The number of aryl methyl sites for hydroxylation is 2. The maximum absolute atomic E-state index is 14.2. The second-order valence-electron chi connectivity index (χ2n) is 7.09. The van der Waals surface area contributed by atoms with Crippen LogP contribution in [0.5, 0.6) is 0 Å². The Balaban J connectivity index is 2.13. The summed E-state index contributed by atoms with van der Waals surface area (Å²) in [4.78, 5) is 0.642. The number of alkyl halides is 1. The highest BCUT2D eigenvalue weighted by Gasteiger charge is 2.20. The van der Waals surface area contributed by atoms with Crippen molar-refractivity contribution in [2.24, 2.45) is 0 Å². The average Bonchev–Trinajstić information content (AvgIpc) is 2.51. The minimum Gasteiger partial charge on any atom is -0.283 e. The van der Waals surface area contributed by atoms with Crippen LogP contribution in [0.25, 0.3) is 0 Å². The topological polar surface area (TPSA) is 26.3 Å². The van der Waals surface area contributed by atoms with E-state index in [0.29, 0.717) is 10.5 Å². The van der Waals surface area contributed by atoms with Crippen LogP contribution in [0.3, 0.4) is 0 Å². The van der Waals surface area contributed by atoms with E-state index >= 15 is 0 Å². The van der Waals surface area contributed by atoms with Crippen LogP contribution in [0.2, 0.25) is 0 Å². The van der Waals surface area contributed by atoms with Gasteiger partial charge in [-0.25, -0.2) is 8.60 Å². The van der Waals surface area contributed by atoms with Crippen LogP contribution < -0.4 is 0 Å². The molecule has 0 spiro atoms. The van der Waals surface area contributed by atoms with Gasteiger partial charge in [0.25, 0.3) is 0 Å². The Morgan fingerprint density at radius 3 is 2.12 bits per heavy atom. The fourth-order valence-corrected chi connectivity index (χ4v) is 3.59. The van der Waals surface area contributed by atoms with Crippen LogP contribution in [0.15, 0.2) is 47.4 Å². The molecule has 0 radical (unpaired) electrons. The largest absolute Gasteiger partial charge is 0.283 e. The molecule has 0 amide bonds. The number of halogens is 1. The van der Waals surface area contributed by atoms with Gasteiger partial charge in [-0.2, -0.15) is 0 Å². The number of hydrogen-bond donors (Lipinski definition) is 0. The Morgan fingerprint density at radius 2 is 1.62 bits per heavy atom. The minimum absolute atomic E-state index is 0.0216. The van der Waals surface area contributed by atoms with Crippen LogP contribution in [-0.2, 0) is 20.7 Å². The summed E-state index contributed by atoms with van der Waals surface area (Å²) in [5.74, 6) is 0. The molecule has 130 valence electrons. The van der Waals surface area contributed by atoms with Gasteiger partial charge in [0, 0.05) is 0 Å². The van der Waals surface area contributed by atoms with Crippen LogP contribution in [0, 0.1) is 13.8 Å². The molecular formula is C20H25FO2S. The molecule has 24 heavy (non-hydrogen) atoms. The zero-order chi connectivity index (χ0) is 17.9. The fraction of sp³-hybridized carbons (Fsp3) is 0.400. The second kappa shape index (κ2) is 7.58. The molecule has 2 unspecified atom stereocenters. The molecule has 2 atom stereocenters. The maximum atomic E-state index is 14.2. The van der Waals surface area contributed by atoms with Crippen molar-refractivity contribution in [3.05, 3.63) is 64.7 Å². The van der Waals surface area contributed by atoms with Gasteiger partial charge in [-0.3, -0.25) is 4.18 Å². The molecule has 0 fully saturated rings. The summed E-state index contributed by atoms with van der Waals surface area (Å²) >= 11 is -1.68. The smallest absolute Gasteiger partial charge is 0.189 e. The molecule has 0 N–H and O–H groups in total. The first-order valence-corrected chi connectivity index (χ1v) is 9.13. The molecule has 2 aromatic carbocycles. The summed E-state index contributed by atoms with van der Waals surface area (Å²) in [6.45, 7) is 10.0. The van der Waals surface area contributed by atoms with Crippen LogP contribution >= 0.6 is 0 Å². The summed E-state index contributed by atoms with van der Waals surface area (Å²) in [7, 11) is 0. The van der Waals surface area contributed by atoms with E-state index in [-0.39, 0.29) is 12.0 Å².